The Morgan fingerprint density at radius 3 is 2.15 bits per heavy atom. The molecule has 0 aliphatic carbocycles. The summed E-state index contributed by atoms with van der Waals surface area (Å²) in [5, 5.41) is 0. The molecule has 0 aliphatic heterocycles. The first-order valence-electron chi connectivity index (χ1n) is 6.83. The number of hydrogen-bond acceptors (Lipinski definition) is 1. The summed E-state index contributed by atoms with van der Waals surface area (Å²) in [6, 6.07) is 18.2. The van der Waals surface area contributed by atoms with Crippen LogP contribution in [-0.4, -0.2) is 6.61 Å². The van der Waals surface area contributed by atoms with Crippen molar-refractivity contribution in [2.45, 2.75) is 26.2 Å². The van der Waals surface area contributed by atoms with Gasteiger partial charge in [0.15, 0.2) is 0 Å². The molecule has 0 aromatic heterocycles. The first-order valence-corrected chi connectivity index (χ1v) is 6.83. The predicted molar refractivity (Wildman–Crippen MR) is 84.0 cm³/mol. The van der Waals surface area contributed by atoms with Crippen molar-refractivity contribution in [3.8, 4) is 17.6 Å². The van der Waals surface area contributed by atoms with Crippen LogP contribution in [0.25, 0.3) is 0 Å². The van der Waals surface area contributed by atoms with E-state index in [0.29, 0.717) is 6.61 Å². The highest BCUT2D eigenvalue weighted by Gasteiger charge is 2.12. The highest BCUT2D eigenvalue weighted by molar-refractivity contribution is 5.34. The van der Waals surface area contributed by atoms with Gasteiger partial charge in [0.2, 0.25) is 0 Å². The van der Waals surface area contributed by atoms with Crippen LogP contribution in [0.5, 0.6) is 5.75 Å². The first-order chi connectivity index (χ1) is 9.55. The van der Waals surface area contributed by atoms with Crippen molar-refractivity contribution < 1.29 is 4.74 Å². The van der Waals surface area contributed by atoms with Gasteiger partial charge < -0.3 is 4.74 Å². The lowest BCUT2D eigenvalue weighted by Gasteiger charge is -2.18. The van der Waals surface area contributed by atoms with Gasteiger partial charge in [-0.15, -0.1) is 0 Å². The molecule has 2 aromatic rings. The average molecular weight is 264 g/mol. The largest absolute Gasteiger partial charge is 0.481 e. The number of hydrogen-bond donors (Lipinski definition) is 0. The maximum Gasteiger partial charge on any atom is 0.149 e. The van der Waals surface area contributed by atoms with Crippen molar-refractivity contribution >= 4 is 0 Å². The predicted octanol–water partition coefficient (Wildman–Crippen LogP) is 4.41. The monoisotopic (exact) mass is 264 g/mol. The summed E-state index contributed by atoms with van der Waals surface area (Å²) in [7, 11) is 0. The van der Waals surface area contributed by atoms with Crippen LogP contribution in [0.15, 0.2) is 54.6 Å². The molecule has 0 unspecified atom stereocenters. The molecule has 0 bridgehead atoms. The topological polar surface area (TPSA) is 9.23 Å². The molecule has 2 aromatic carbocycles. The van der Waals surface area contributed by atoms with Crippen LogP contribution in [0.4, 0.5) is 0 Å². The quantitative estimate of drug-likeness (QED) is 0.730. The Morgan fingerprint density at radius 2 is 1.55 bits per heavy atom. The Morgan fingerprint density at radius 1 is 0.900 bits per heavy atom. The van der Waals surface area contributed by atoms with Crippen molar-refractivity contribution in [3.63, 3.8) is 0 Å². The molecule has 0 saturated carbocycles. The van der Waals surface area contributed by atoms with Crippen LogP contribution in [0, 0.1) is 11.8 Å². The zero-order valence-electron chi connectivity index (χ0n) is 12.3. The summed E-state index contributed by atoms with van der Waals surface area (Å²) >= 11 is 0. The van der Waals surface area contributed by atoms with E-state index in [1.54, 1.807) is 0 Å². The lowest BCUT2D eigenvalue weighted by molar-refractivity contribution is 0.370. The van der Waals surface area contributed by atoms with Gasteiger partial charge in [-0.3, -0.25) is 0 Å². The maximum absolute atomic E-state index is 5.62. The van der Waals surface area contributed by atoms with Crippen molar-refractivity contribution in [2.75, 3.05) is 6.61 Å². The Hall–Kier alpha value is -2.20. The zero-order chi connectivity index (χ0) is 14.4. The fourth-order valence-corrected chi connectivity index (χ4v) is 1.83. The van der Waals surface area contributed by atoms with Gasteiger partial charge >= 0.3 is 0 Å². The van der Waals surface area contributed by atoms with Crippen molar-refractivity contribution in [3.05, 3.63) is 65.7 Å². The van der Waals surface area contributed by atoms with E-state index in [1.807, 2.05) is 42.5 Å². The highest BCUT2D eigenvalue weighted by atomic mass is 16.5. The van der Waals surface area contributed by atoms with E-state index in [-0.39, 0.29) is 5.41 Å². The van der Waals surface area contributed by atoms with Crippen LogP contribution in [0.1, 0.15) is 31.9 Å². The maximum atomic E-state index is 5.62. The van der Waals surface area contributed by atoms with Gasteiger partial charge in [0.05, 0.1) is 0 Å². The fraction of sp³-hybridized carbons (Fsp3) is 0.263. The standard InChI is InChI=1S/C19H20O/c1-19(2,3)17-11-13-18(14-12-17)20-15-7-10-16-8-5-4-6-9-16/h4-6,8-9,11-14H,15H2,1-3H3. The summed E-state index contributed by atoms with van der Waals surface area (Å²) < 4.78 is 5.62. The average Bonchev–Trinajstić information content (AvgIpc) is 2.44. The van der Waals surface area contributed by atoms with Crippen molar-refractivity contribution in [2.24, 2.45) is 0 Å². The summed E-state index contributed by atoms with van der Waals surface area (Å²) in [4.78, 5) is 0. The molecule has 0 N–H and O–H groups in total. The summed E-state index contributed by atoms with van der Waals surface area (Å²) in [6.45, 7) is 7.01. The SMILES string of the molecule is CC(C)(C)c1ccc(OCC#Cc2ccccc2)cc1. The second-order valence-corrected chi connectivity index (χ2v) is 5.73. The smallest absolute Gasteiger partial charge is 0.149 e. The molecule has 1 heteroatoms. The van der Waals surface area contributed by atoms with Crippen molar-refractivity contribution in [1.82, 2.24) is 0 Å². The molecule has 1 nitrogen and oxygen atoms in total. The molecule has 102 valence electrons. The van der Waals surface area contributed by atoms with E-state index in [4.69, 9.17) is 4.74 Å². The minimum Gasteiger partial charge on any atom is -0.481 e. The molecular weight excluding hydrogens is 244 g/mol. The summed E-state index contributed by atoms with van der Waals surface area (Å²) in [5.74, 6) is 6.96. The third-order valence-corrected chi connectivity index (χ3v) is 3.04. The van der Waals surface area contributed by atoms with E-state index in [1.165, 1.54) is 5.56 Å². The molecule has 0 saturated heterocycles. The normalized spacial score (nSPS) is 10.6. The molecular formula is C19H20O. The molecule has 0 radical (unpaired) electrons. The van der Waals surface area contributed by atoms with E-state index in [9.17, 15) is 0 Å². The molecule has 0 amide bonds. The van der Waals surface area contributed by atoms with Crippen LogP contribution in [0.3, 0.4) is 0 Å². The lowest BCUT2D eigenvalue weighted by atomic mass is 9.87. The second-order valence-electron chi connectivity index (χ2n) is 5.73. The molecule has 0 atom stereocenters. The van der Waals surface area contributed by atoms with E-state index in [2.05, 4.69) is 44.7 Å². The first kappa shape index (κ1) is 14.2. The third-order valence-electron chi connectivity index (χ3n) is 3.04. The number of rotatable bonds is 2. The van der Waals surface area contributed by atoms with Gasteiger partial charge in [0.1, 0.15) is 12.4 Å². The number of ether oxygens (including phenoxy) is 1. The Labute approximate surface area is 121 Å². The van der Waals surface area contributed by atoms with Crippen LogP contribution >= 0.6 is 0 Å². The molecule has 0 spiro atoms. The van der Waals surface area contributed by atoms with Crippen LogP contribution in [-0.2, 0) is 5.41 Å². The third kappa shape index (κ3) is 4.17. The van der Waals surface area contributed by atoms with Crippen LogP contribution < -0.4 is 4.74 Å². The molecule has 20 heavy (non-hydrogen) atoms. The van der Waals surface area contributed by atoms with Crippen molar-refractivity contribution in [1.29, 1.82) is 0 Å². The Kier molecular flexibility index (Phi) is 4.48. The Balaban J connectivity index is 1.91. The van der Waals surface area contributed by atoms with Gasteiger partial charge in [-0.05, 0) is 35.2 Å². The van der Waals surface area contributed by atoms with Gasteiger partial charge in [0, 0.05) is 5.56 Å². The summed E-state index contributed by atoms with van der Waals surface area (Å²) in [5.41, 5.74) is 2.49. The second kappa shape index (κ2) is 6.30. The highest BCUT2D eigenvalue weighted by Crippen LogP contribution is 2.24. The van der Waals surface area contributed by atoms with E-state index in [0.717, 1.165) is 11.3 Å². The Bertz CT molecular complexity index is 592. The van der Waals surface area contributed by atoms with Crippen LogP contribution in [0.2, 0.25) is 0 Å². The summed E-state index contributed by atoms with van der Waals surface area (Å²) in [6.07, 6.45) is 0. The van der Waals surface area contributed by atoms with Gasteiger partial charge in [-0.1, -0.05) is 62.9 Å². The van der Waals surface area contributed by atoms with E-state index >= 15 is 0 Å². The van der Waals surface area contributed by atoms with Gasteiger partial charge in [0.25, 0.3) is 0 Å². The lowest BCUT2D eigenvalue weighted by Crippen LogP contribution is -2.10. The zero-order valence-corrected chi connectivity index (χ0v) is 12.3. The van der Waals surface area contributed by atoms with Gasteiger partial charge in [-0.25, -0.2) is 0 Å². The minimum absolute atomic E-state index is 0.172. The molecule has 0 fully saturated rings. The number of benzene rings is 2. The minimum atomic E-state index is 0.172. The molecule has 0 aliphatic rings. The fourth-order valence-electron chi connectivity index (χ4n) is 1.83. The molecule has 2 rings (SSSR count). The van der Waals surface area contributed by atoms with Gasteiger partial charge in [-0.2, -0.15) is 0 Å². The van der Waals surface area contributed by atoms with E-state index < -0.39 is 0 Å². The molecule has 0 heterocycles.